The lowest BCUT2D eigenvalue weighted by molar-refractivity contribution is 0.120. The van der Waals surface area contributed by atoms with E-state index >= 15 is 0 Å². The summed E-state index contributed by atoms with van der Waals surface area (Å²) in [6.45, 7) is 6.08. The molecule has 15 heavy (non-hydrogen) atoms. The second-order valence-corrected chi connectivity index (χ2v) is 4.27. The minimum atomic E-state index is 0.363. The Bertz CT molecular complexity index is 303. The maximum Gasteiger partial charge on any atom is 0.203 e. The third-order valence-electron chi connectivity index (χ3n) is 2.74. The van der Waals surface area contributed by atoms with Gasteiger partial charge in [0.1, 0.15) is 0 Å². The molecule has 1 aromatic rings. The van der Waals surface area contributed by atoms with Crippen LogP contribution >= 0.6 is 0 Å². The van der Waals surface area contributed by atoms with Crippen molar-refractivity contribution in [2.45, 2.75) is 38.8 Å². The van der Waals surface area contributed by atoms with Gasteiger partial charge in [-0.05, 0) is 26.7 Å². The Morgan fingerprint density at radius 1 is 1.67 bits per heavy atom. The quantitative estimate of drug-likeness (QED) is 0.825. The zero-order chi connectivity index (χ0) is 10.7. The molecule has 0 radical (unpaired) electrons. The predicted octanol–water partition coefficient (Wildman–Crippen LogP) is 2.05. The number of nitrogens with zero attached hydrogens (tertiary/aromatic N) is 2. The Balaban J connectivity index is 1.89. The fourth-order valence-electron chi connectivity index (χ4n) is 1.88. The minimum absolute atomic E-state index is 0.363. The van der Waals surface area contributed by atoms with Crippen molar-refractivity contribution in [1.82, 2.24) is 9.55 Å². The fraction of sp³-hybridized carbons (Fsp3) is 0.727. The normalized spacial score (nSPS) is 21.1. The molecule has 1 unspecified atom stereocenters. The number of ether oxygens (including phenoxy) is 1. The third-order valence-corrected chi connectivity index (χ3v) is 2.74. The molecule has 84 valence electrons. The van der Waals surface area contributed by atoms with Gasteiger partial charge in [-0.2, -0.15) is 0 Å². The van der Waals surface area contributed by atoms with E-state index in [0.29, 0.717) is 12.1 Å². The molecule has 0 spiro atoms. The van der Waals surface area contributed by atoms with Gasteiger partial charge >= 0.3 is 0 Å². The van der Waals surface area contributed by atoms with Crippen molar-refractivity contribution in [3.05, 3.63) is 12.4 Å². The lowest BCUT2D eigenvalue weighted by Crippen LogP contribution is -2.20. The van der Waals surface area contributed by atoms with Gasteiger partial charge in [0.25, 0.3) is 0 Å². The molecule has 1 saturated heterocycles. The van der Waals surface area contributed by atoms with E-state index < -0.39 is 0 Å². The highest BCUT2D eigenvalue weighted by Crippen LogP contribution is 2.15. The summed E-state index contributed by atoms with van der Waals surface area (Å²) < 4.78 is 7.69. The van der Waals surface area contributed by atoms with E-state index in [0.717, 1.165) is 25.5 Å². The van der Waals surface area contributed by atoms with Gasteiger partial charge in [-0.25, -0.2) is 4.98 Å². The molecular formula is C11H19N3O. The van der Waals surface area contributed by atoms with E-state index in [1.807, 2.05) is 12.4 Å². The van der Waals surface area contributed by atoms with Gasteiger partial charge in [0.15, 0.2) is 0 Å². The first kappa shape index (κ1) is 10.5. The predicted molar refractivity (Wildman–Crippen MR) is 60.1 cm³/mol. The topological polar surface area (TPSA) is 39.1 Å². The molecule has 1 aliphatic rings. The van der Waals surface area contributed by atoms with Crippen LogP contribution in [-0.4, -0.2) is 28.8 Å². The van der Waals surface area contributed by atoms with Crippen molar-refractivity contribution in [2.24, 2.45) is 0 Å². The summed E-state index contributed by atoms with van der Waals surface area (Å²) in [5, 5.41) is 3.34. The highest BCUT2D eigenvalue weighted by Gasteiger charge is 2.16. The van der Waals surface area contributed by atoms with Crippen molar-refractivity contribution in [3.63, 3.8) is 0 Å². The lowest BCUT2D eigenvalue weighted by Gasteiger charge is -2.15. The van der Waals surface area contributed by atoms with Crippen LogP contribution in [0.5, 0.6) is 0 Å². The van der Waals surface area contributed by atoms with E-state index in [-0.39, 0.29) is 0 Å². The molecular weight excluding hydrogens is 190 g/mol. The Kier molecular flexibility index (Phi) is 3.26. The Morgan fingerprint density at radius 3 is 3.20 bits per heavy atom. The highest BCUT2D eigenvalue weighted by molar-refractivity contribution is 5.26. The molecule has 4 nitrogen and oxygen atoms in total. The van der Waals surface area contributed by atoms with Crippen LogP contribution in [0.1, 0.15) is 32.7 Å². The summed E-state index contributed by atoms with van der Waals surface area (Å²) in [5.41, 5.74) is 0. The maximum atomic E-state index is 5.55. The highest BCUT2D eigenvalue weighted by atomic mass is 16.5. The first-order valence-electron chi connectivity index (χ1n) is 5.65. The summed E-state index contributed by atoms with van der Waals surface area (Å²) in [5.74, 6) is 0.945. The molecule has 2 heterocycles. The van der Waals surface area contributed by atoms with Crippen molar-refractivity contribution in [2.75, 3.05) is 18.5 Å². The standard InChI is InChI=1S/C11H19N3O/c1-9(2)14-6-5-12-11(14)13-8-10-4-3-7-15-10/h5-6,9-10H,3-4,7-8H2,1-2H3,(H,12,13). The first-order valence-corrected chi connectivity index (χ1v) is 5.65. The number of rotatable bonds is 4. The number of imidazole rings is 1. The molecule has 2 rings (SSSR count). The summed E-state index contributed by atoms with van der Waals surface area (Å²) in [4.78, 5) is 4.29. The van der Waals surface area contributed by atoms with E-state index in [1.54, 1.807) is 0 Å². The zero-order valence-corrected chi connectivity index (χ0v) is 9.44. The number of aromatic nitrogens is 2. The van der Waals surface area contributed by atoms with Gasteiger partial charge in [0.05, 0.1) is 6.10 Å². The van der Waals surface area contributed by atoms with Crippen molar-refractivity contribution in [1.29, 1.82) is 0 Å². The molecule has 0 aliphatic carbocycles. The van der Waals surface area contributed by atoms with Gasteiger partial charge in [-0.3, -0.25) is 0 Å². The molecule has 4 heteroatoms. The smallest absolute Gasteiger partial charge is 0.203 e. The molecule has 1 atom stereocenters. The molecule has 0 bridgehead atoms. The summed E-state index contributed by atoms with van der Waals surface area (Å²) in [7, 11) is 0. The Hall–Kier alpha value is -1.03. The second kappa shape index (κ2) is 4.66. The summed E-state index contributed by atoms with van der Waals surface area (Å²) >= 11 is 0. The molecule has 1 aliphatic heterocycles. The van der Waals surface area contributed by atoms with Crippen LogP contribution in [0.3, 0.4) is 0 Å². The van der Waals surface area contributed by atoms with Crippen LogP contribution in [-0.2, 0) is 4.74 Å². The fourth-order valence-corrected chi connectivity index (χ4v) is 1.88. The van der Waals surface area contributed by atoms with Crippen molar-refractivity contribution < 1.29 is 4.74 Å². The SMILES string of the molecule is CC(C)n1ccnc1NCC1CCCO1. The zero-order valence-electron chi connectivity index (χ0n) is 9.44. The second-order valence-electron chi connectivity index (χ2n) is 4.27. The van der Waals surface area contributed by atoms with Gasteiger partial charge in [0.2, 0.25) is 5.95 Å². The number of hydrogen-bond acceptors (Lipinski definition) is 3. The van der Waals surface area contributed by atoms with Crippen molar-refractivity contribution in [3.8, 4) is 0 Å². The van der Waals surface area contributed by atoms with Crippen molar-refractivity contribution >= 4 is 5.95 Å². The average Bonchev–Trinajstić information content (AvgIpc) is 2.86. The molecule has 1 N–H and O–H groups in total. The van der Waals surface area contributed by atoms with Crippen LogP contribution < -0.4 is 5.32 Å². The summed E-state index contributed by atoms with van der Waals surface area (Å²) in [6, 6.07) is 0.444. The molecule has 1 fully saturated rings. The van der Waals surface area contributed by atoms with Crippen LogP contribution in [0.15, 0.2) is 12.4 Å². The number of nitrogens with one attached hydrogen (secondary N) is 1. The van der Waals surface area contributed by atoms with Crippen LogP contribution in [0.25, 0.3) is 0 Å². The summed E-state index contributed by atoms with van der Waals surface area (Å²) in [6.07, 6.45) is 6.54. The Morgan fingerprint density at radius 2 is 2.53 bits per heavy atom. The third kappa shape index (κ3) is 2.50. The van der Waals surface area contributed by atoms with E-state index in [2.05, 4.69) is 28.7 Å². The van der Waals surface area contributed by atoms with Crippen LogP contribution in [0, 0.1) is 0 Å². The Labute approximate surface area is 90.6 Å². The number of hydrogen-bond donors (Lipinski definition) is 1. The molecule has 0 saturated carbocycles. The lowest BCUT2D eigenvalue weighted by atomic mass is 10.2. The largest absolute Gasteiger partial charge is 0.376 e. The molecule has 0 amide bonds. The first-order chi connectivity index (χ1) is 7.27. The van der Waals surface area contributed by atoms with Crippen LogP contribution in [0.4, 0.5) is 5.95 Å². The van der Waals surface area contributed by atoms with E-state index in [4.69, 9.17) is 4.74 Å². The maximum absolute atomic E-state index is 5.55. The molecule has 1 aromatic heterocycles. The van der Waals surface area contributed by atoms with Gasteiger partial charge < -0.3 is 14.6 Å². The van der Waals surface area contributed by atoms with E-state index in [9.17, 15) is 0 Å². The minimum Gasteiger partial charge on any atom is -0.376 e. The molecule has 0 aromatic carbocycles. The van der Waals surface area contributed by atoms with Gasteiger partial charge in [-0.15, -0.1) is 0 Å². The van der Waals surface area contributed by atoms with Gasteiger partial charge in [0, 0.05) is 31.6 Å². The monoisotopic (exact) mass is 209 g/mol. The van der Waals surface area contributed by atoms with E-state index in [1.165, 1.54) is 6.42 Å². The number of anilines is 1. The average molecular weight is 209 g/mol. The van der Waals surface area contributed by atoms with Gasteiger partial charge in [-0.1, -0.05) is 0 Å². The van der Waals surface area contributed by atoms with Crippen LogP contribution in [0.2, 0.25) is 0 Å².